The van der Waals surface area contributed by atoms with Crippen molar-refractivity contribution in [2.24, 2.45) is 7.05 Å². The Labute approximate surface area is 403 Å². The number of anilines is 2. The van der Waals surface area contributed by atoms with Crippen LogP contribution in [0.3, 0.4) is 0 Å². The summed E-state index contributed by atoms with van der Waals surface area (Å²) >= 11 is 6.53. The number of fused-ring (bicyclic) bond motifs is 6. The van der Waals surface area contributed by atoms with E-state index < -0.39 is 11.9 Å². The molecule has 0 fully saturated rings. The monoisotopic (exact) mass is 967 g/mol. The molecule has 4 aliphatic rings. The minimum absolute atomic E-state index is 0.143. The number of para-hydroxylation sites is 2. The highest BCUT2D eigenvalue weighted by Gasteiger charge is 2.30. The van der Waals surface area contributed by atoms with Crippen molar-refractivity contribution in [3.05, 3.63) is 165 Å². The Bertz CT molecular complexity index is 3180. The zero-order valence-electron chi connectivity index (χ0n) is 36.5. The number of thioether (sulfide) groups is 2. The van der Waals surface area contributed by atoms with Crippen molar-refractivity contribution in [3.63, 3.8) is 0 Å². The molecule has 0 atom stereocenters. The van der Waals surface area contributed by atoms with E-state index in [9.17, 15) is 19.8 Å². The third kappa shape index (κ3) is 10.2. The lowest BCUT2D eigenvalue weighted by atomic mass is 10.2. The topological polar surface area (TPSA) is 129 Å². The van der Waals surface area contributed by atoms with Gasteiger partial charge in [-0.3, -0.25) is 0 Å². The van der Waals surface area contributed by atoms with Crippen LogP contribution in [0.15, 0.2) is 165 Å². The van der Waals surface area contributed by atoms with E-state index in [1.807, 2.05) is 77.8 Å². The van der Waals surface area contributed by atoms with Crippen molar-refractivity contribution in [1.82, 2.24) is 0 Å². The molecular formula is C51H43N4O8S4+. The molecule has 16 heteroatoms. The van der Waals surface area contributed by atoms with Gasteiger partial charge in [-0.2, -0.15) is 9.13 Å². The van der Waals surface area contributed by atoms with E-state index in [1.54, 1.807) is 21.6 Å². The summed E-state index contributed by atoms with van der Waals surface area (Å²) in [6.45, 7) is 1.96. The predicted molar refractivity (Wildman–Crippen MR) is 266 cm³/mol. The van der Waals surface area contributed by atoms with Gasteiger partial charge in [0.25, 0.3) is 10.0 Å². The van der Waals surface area contributed by atoms with Crippen LogP contribution in [-0.4, -0.2) is 44.2 Å². The predicted octanol–water partition coefficient (Wildman–Crippen LogP) is 9.39. The van der Waals surface area contributed by atoms with Gasteiger partial charge < -0.3 is 43.8 Å². The zero-order valence-corrected chi connectivity index (χ0v) is 39.8. The molecule has 0 radical (unpaired) electrons. The number of ether oxygens (including phenoxy) is 4. The Kier molecular flexibility index (Phi) is 13.7. The number of allylic oxidation sites excluding steroid dienone is 12. The summed E-state index contributed by atoms with van der Waals surface area (Å²) in [5.41, 5.74) is 5.27. The maximum Gasteiger partial charge on any atom is 0.370 e. The van der Waals surface area contributed by atoms with Crippen molar-refractivity contribution in [2.75, 3.05) is 37.0 Å². The lowest BCUT2D eigenvalue weighted by Crippen LogP contribution is -2.39. The number of carboxylic acid groups (broad SMARTS) is 2. The lowest BCUT2D eigenvalue weighted by molar-refractivity contribution is -0.657. The van der Waals surface area contributed by atoms with E-state index in [1.165, 1.54) is 59.5 Å². The summed E-state index contributed by atoms with van der Waals surface area (Å²) in [5, 5.41) is 24.8. The fraction of sp³-hybridized carbons (Fsp3) is 0.137. The summed E-state index contributed by atoms with van der Waals surface area (Å²) in [6, 6.07) is 24.3. The molecule has 0 saturated heterocycles. The lowest BCUT2D eigenvalue weighted by Gasteiger charge is -2.20. The summed E-state index contributed by atoms with van der Waals surface area (Å²) in [7, 11) is 4.24. The number of rotatable bonds is 12. The highest BCUT2D eigenvalue weighted by Crippen LogP contribution is 2.51. The average molecular weight is 968 g/mol. The van der Waals surface area contributed by atoms with Gasteiger partial charge in [0, 0.05) is 53.3 Å². The van der Waals surface area contributed by atoms with E-state index >= 15 is 0 Å². The Hall–Kier alpha value is -6.98. The van der Waals surface area contributed by atoms with Gasteiger partial charge in [0.1, 0.15) is 16.4 Å². The number of hydrogen-bond donors (Lipinski definition) is 1. The minimum atomic E-state index is -1.19. The Balaban J connectivity index is 0.000000177. The van der Waals surface area contributed by atoms with E-state index in [0.717, 1.165) is 30.8 Å². The molecule has 10 rings (SSSR count). The Morgan fingerprint density at radius 3 is 2.15 bits per heavy atom. The molecule has 0 unspecified atom stereocenters. The molecule has 338 valence electrons. The normalized spacial score (nSPS) is 16.4. The fourth-order valence-corrected chi connectivity index (χ4v) is 11.7. The van der Waals surface area contributed by atoms with Crippen LogP contribution in [0.25, 0.3) is 32.6 Å². The smallest absolute Gasteiger partial charge is 0.370 e. The van der Waals surface area contributed by atoms with Crippen molar-refractivity contribution in [3.8, 4) is 23.0 Å². The average Bonchev–Trinajstić information content (AvgIpc) is 4.18. The summed E-state index contributed by atoms with van der Waals surface area (Å²) < 4.78 is 27.9. The molecule has 0 spiro atoms. The molecule has 6 aromatic rings. The quantitative estimate of drug-likeness (QED) is 0.0927. The van der Waals surface area contributed by atoms with Crippen molar-refractivity contribution in [2.45, 2.75) is 23.3 Å². The molecular weight excluding hydrogens is 925 g/mol. The van der Waals surface area contributed by atoms with Crippen LogP contribution in [0, 0.1) is 0 Å². The van der Waals surface area contributed by atoms with Crippen LogP contribution in [0.4, 0.5) is 11.4 Å². The molecule has 1 N–H and O–H groups in total. The van der Waals surface area contributed by atoms with E-state index in [4.69, 9.17) is 18.9 Å². The molecule has 2 aromatic heterocycles. The molecule has 0 bridgehead atoms. The Morgan fingerprint density at radius 2 is 1.37 bits per heavy atom. The maximum absolute atomic E-state index is 11.5. The minimum Gasteiger partial charge on any atom is -0.548 e. The van der Waals surface area contributed by atoms with Gasteiger partial charge in [-0.15, -0.1) is 0 Å². The van der Waals surface area contributed by atoms with Crippen molar-refractivity contribution < 1.29 is 47.9 Å². The first-order valence-corrected chi connectivity index (χ1v) is 24.3. The number of thiazole rings is 2. The second-order valence-electron chi connectivity index (χ2n) is 15.2. The SMILES string of the molecule is CC(/C=C/C=C1\Sc2ccccc2N1C)=C\C=C\c1sc2ccccc2[n+]1C.O=C([O-])CN1C(=CC=CC=CC=Cc2sc3cc4c(cc3[n+]2CC(=O)O)OCO4)Sc2cc3c(cc21)OCO3. The molecule has 4 aliphatic heterocycles. The van der Waals surface area contributed by atoms with Crippen LogP contribution < -0.4 is 43.0 Å². The van der Waals surface area contributed by atoms with Gasteiger partial charge in [-0.1, -0.05) is 131 Å². The first-order chi connectivity index (χ1) is 32.6. The molecule has 0 amide bonds. The first-order valence-electron chi connectivity index (χ1n) is 21.0. The number of nitrogens with zero attached hydrogens (tertiary/aromatic N) is 4. The number of carbonyl (C=O) groups is 2. The molecule has 0 saturated carbocycles. The van der Waals surface area contributed by atoms with Crippen LogP contribution in [0.2, 0.25) is 0 Å². The van der Waals surface area contributed by atoms with E-state index in [-0.39, 0.29) is 26.7 Å². The molecule has 67 heavy (non-hydrogen) atoms. The summed E-state index contributed by atoms with van der Waals surface area (Å²) in [5.74, 6) is 0.332. The van der Waals surface area contributed by atoms with Gasteiger partial charge in [-0.05, 0) is 37.3 Å². The highest BCUT2D eigenvalue weighted by molar-refractivity contribution is 8.04. The number of aromatic nitrogens is 2. The third-order valence-corrected chi connectivity index (χ3v) is 15.3. The second-order valence-corrected chi connectivity index (χ2v) is 19.4. The zero-order chi connectivity index (χ0) is 46.4. The molecule has 12 nitrogen and oxygen atoms in total. The highest BCUT2D eigenvalue weighted by atomic mass is 32.2. The molecule has 0 aliphatic carbocycles. The van der Waals surface area contributed by atoms with Crippen LogP contribution in [-0.2, 0) is 23.2 Å². The number of carbonyl (C=O) groups excluding carboxylic acids is 1. The first kappa shape index (κ1) is 45.2. The van der Waals surface area contributed by atoms with E-state index in [2.05, 4.69) is 115 Å². The third-order valence-electron chi connectivity index (χ3n) is 10.7. The maximum atomic E-state index is 11.5. The summed E-state index contributed by atoms with van der Waals surface area (Å²) in [4.78, 5) is 29.0. The number of carboxylic acids is 2. The van der Waals surface area contributed by atoms with Crippen LogP contribution >= 0.6 is 46.2 Å². The number of hydrogen-bond acceptors (Lipinski definition) is 13. The van der Waals surface area contributed by atoms with Crippen molar-refractivity contribution in [1.29, 1.82) is 0 Å². The van der Waals surface area contributed by atoms with E-state index in [0.29, 0.717) is 23.0 Å². The van der Waals surface area contributed by atoms with Gasteiger partial charge in [-0.25, -0.2) is 4.79 Å². The number of aliphatic carboxylic acids is 2. The fourth-order valence-electron chi connectivity index (χ4n) is 7.44. The van der Waals surface area contributed by atoms with Crippen LogP contribution in [0.5, 0.6) is 23.0 Å². The van der Waals surface area contributed by atoms with Crippen molar-refractivity contribution >= 4 is 102 Å². The van der Waals surface area contributed by atoms with Gasteiger partial charge in [0.2, 0.25) is 31.2 Å². The number of aryl methyl sites for hydroxylation is 1. The second kappa shape index (κ2) is 20.3. The Morgan fingerprint density at radius 1 is 0.716 bits per heavy atom. The molecule has 6 heterocycles. The largest absolute Gasteiger partial charge is 0.548 e. The van der Waals surface area contributed by atoms with Gasteiger partial charge >= 0.3 is 5.97 Å². The van der Waals surface area contributed by atoms with Gasteiger partial charge in [0.15, 0.2) is 23.0 Å². The van der Waals surface area contributed by atoms with Crippen LogP contribution in [0.1, 0.15) is 16.9 Å². The molecule has 4 aromatic carbocycles. The summed E-state index contributed by atoms with van der Waals surface area (Å²) in [6.07, 6.45) is 25.7. The number of benzene rings is 4. The van der Waals surface area contributed by atoms with Gasteiger partial charge in [0.05, 0.1) is 40.0 Å². The standard InChI is InChI=1S/C27H20N2O8S2.C24H23N2S2/c30-26(31)12-28-16-8-18-20(36-14-34-18)10-22(16)38-24(28)6-4-2-1-3-5-7-25-29(13-27(32)33)17-9-19-21(37-15-35-19)11-23(17)39-25;1-18(10-8-16-23-25(2)19-12-4-6-14-21(19)27-23)11-9-17-24-26(3)20-13-5-7-15-22(20)28-24/h1-11H,12-15H2,(H-,30,31,32,33);4-17H,1-3H3/q;+1.